The number of hydrogen-bond acceptors (Lipinski definition) is 5. The molecule has 1 amide bonds. The fourth-order valence-corrected chi connectivity index (χ4v) is 2.75. The smallest absolute Gasteiger partial charge is 0.294 e. The molecule has 1 aliphatic rings. The van der Waals surface area contributed by atoms with Crippen molar-refractivity contribution < 1.29 is 4.79 Å². The van der Waals surface area contributed by atoms with Crippen LogP contribution in [0.15, 0.2) is 9.95 Å². The molecular formula is C10H17N5O2S. The Morgan fingerprint density at radius 3 is 2.83 bits per heavy atom. The van der Waals surface area contributed by atoms with Gasteiger partial charge in [-0.05, 0) is 12.8 Å². The van der Waals surface area contributed by atoms with Gasteiger partial charge in [-0.1, -0.05) is 25.6 Å². The highest BCUT2D eigenvalue weighted by molar-refractivity contribution is 7.99. The molecule has 1 aromatic heterocycles. The maximum absolute atomic E-state index is 11.6. The van der Waals surface area contributed by atoms with Crippen LogP contribution in [0, 0.1) is 5.92 Å². The maximum atomic E-state index is 11.6. The van der Waals surface area contributed by atoms with E-state index >= 15 is 0 Å². The molecule has 8 heteroatoms. The number of carbonyl (C=O) groups excluding carboxylic acids is 1. The normalized spacial score (nSPS) is 18.4. The highest BCUT2D eigenvalue weighted by atomic mass is 32.2. The first-order chi connectivity index (χ1) is 8.54. The fourth-order valence-electron chi connectivity index (χ4n) is 1.64. The minimum atomic E-state index is -0.251. The van der Waals surface area contributed by atoms with Gasteiger partial charge in [-0.15, -0.1) is 5.10 Å². The Kier molecular flexibility index (Phi) is 3.76. The highest BCUT2D eigenvalue weighted by Gasteiger charge is 2.30. The Bertz CT molecular complexity index is 493. The van der Waals surface area contributed by atoms with Crippen LogP contribution in [0.25, 0.3) is 0 Å². The molecule has 0 spiro atoms. The lowest BCUT2D eigenvalue weighted by molar-refractivity contribution is -0.124. The van der Waals surface area contributed by atoms with Crippen molar-refractivity contribution >= 4 is 17.7 Å². The summed E-state index contributed by atoms with van der Waals surface area (Å²) in [6.07, 6.45) is 2.03. The average molecular weight is 271 g/mol. The summed E-state index contributed by atoms with van der Waals surface area (Å²) in [5.74, 6) is 4.64. The molecule has 1 aromatic rings. The fraction of sp³-hybridized carbons (Fsp3) is 0.700. The molecule has 1 aliphatic carbocycles. The van der Waals surface area contributed by atoms with Gasteiger partial charge in [0.15, 0.2) is 5.16 Å². The van der Waals surface area contributed by atoms with Crippen LogP contribution in [0.1, 0.15) is 32.7 Å². The van der Waals surface area contributed by atoms with E-state index in [9.17, 15) is 9.59 Å². The first-order valence-electron chi connectivity index (χ1n) is 5.88. The first kappa shape index (κ1) is 13.2. The molecule has 1 fully saturated rings. The van der Waals surface area contributed by atoms with E-state index in [0.29, 0.717) is 5.16 Å². The van der Waals surface area contributed by atoms with Crippen LogP contribution in [0.3, 0.4) is 0 Å². The average Bonchev–Trinajstić information content (AvgIpc) is 3.13. The van der Waals surface area contributed by atoms with E-state index < -0.39 is 0 Å². The van der Waals surface area contributed by atoms with E-state index in [1.165, 1.54) is 11.8 Å². The molecule has 0 aromatic carbocycles. The summed E-state index contributed by atoms with van der Waals surface area (Å²) in [5, 5.41) is 7.10. The Morgan fingerprint density at radius 1 is 1.61 bits per heavy atom. The second-order valence-corrected chi connectivity index (χ2v) is 5.88. The van der Waals surface area contributed by atoms with Gasteiger partial charge in [-0.3, -0.25) is 14.8 Å². The van der Waals surface area contributed by atoms with Crippen molar-refractivity contribution in [3.8, 4) is 0 Å². The Balaban J connectivity index is 2.09. The number of nitrogens with zero attached hydrogens (tertiary/aromatic N) is 2. The Labute approximate surface area is 108 Å². The number of hydrogen-bond donors (Lipinski definition) is 3. The number of aromatic amines is 1. The largest absolute Gasteiger partial charge is 0.344 e. The van der Waals surface area contributed by atoms with E-state index in [1.54, 1.807) is 11.5 Å². The number of rotatable bonds is 5. The number of aromatic nitrogens is 3. The van der Waals surface area contributed by atoms with Crippen molar-refractivity contribution in [2.45, 2.75) is 43.1 Å². The van der Waals surface area contributed by atoms with Crippen LogP contribution < -0.4 is 17.0 Å². The van der Waals surface area contributed by atoms with Crippen LogP contribution in [0.5, 0.6) is 0 Å². The summed E-state index contributed by atoms with van der Waals surface area (Å²) in [5.41, 5.74) is 1.96. The van der Waals surface area contributed by atoms with Gasteiger partial charge in [0.05, 0.1) is 0 Å². The van der Waals surface area contributed by atoms with Gasteiger partial charge in [-0.25, -0.2) is 15.7 Å². The Morgan fingerprint density at radius 2 is 2.28 bits per heavy atom. The second kappa shape index (κ2) is 5.15. The molecule has 2 rings (SSSR count). The lowest BCUT2D eigenvalue weighted by Crippen LogP contribution is -2.38. The quantitative estimate of drug-likeness (QED) is 0.303. The van der Waals surface area contributed by atoms with Crippen molar-refractivity contribution in [1.29, 1.82) is 0 Å². The predicted molar refractivity (Wildman–Crippen MR) is 67.9 cm³/mol. The standard InChI is InChI=1S/C10H17N5O2S/c1-5(8(16)12-11)6(2)18-10-14-13-9(17)15(10)7-3-4-7/h5-7H,3-4,11H2,1-2H3,(H,12,16)(H,13,17). The third-order valence-corrected chi connectivity index (χ3v) is 4.41. The van der Waals surface area contributed by atoms with Crippen LogP contribution in [-0.2, 0) is 4.79 Å². The molecular weight excluding hydrogens is 254 g/mol. The third-order valence-electron chi connectivity index (χ3n) is 3.14. The Hall–Kier alpha value is -1.28. The van der Waals surface area contributed by atoms with Gasteiger partial charge in [-0.2, -0.15) is 0 Å². The van der Waals surface area contributed by atoms with Gasteiger partial charge >= 0.3 is 5.69 Å². The number of nitrogens with one attached hydrogen (secondary N) is 2. The summed E-state index contributed by atoms with van der Waals surface area (Å²) in [6, 6.07) is 0.268. The van der Waals surface area contributed by atoms with Crippen molar-refractivity contribution in [3.05, 3.63) is 10.5 Å². The summed E-state index contributed by atoms with van der Waals surface area (Å²) < 4.78 is 1.67. The van der Waals surface area contributed by atoms with Crippen molar-refractivity contribution in [1.82, 2.24) is 20.2 Å². The van der Waals surface area contributed by atoms with E-state index in [1.807, 2.05) is 6.92 Å². The number of H-pyrrole nitrogens is 1. The van der Waals surface area contributed by atoms with Crippen LogP contribution >= 0.6 is 11.8 Å². The van der Waals surface area contributed by atoms with E-state index in [-0.39, 0.29) is 28.8 Å². The number of carbonyl (C=O) groups is 1. The molecule has 2 atom stereocenters. The molecule has 2 unspecified atom stereocenters. The van der Waals surface area contributed by atoms with Crippen LogP contribution in [0.4, 0.5) is 0 Å². The summed E-state index contributed by atoms with van der Waals surface area (Å²) in [7, 11) is 0. The third kappa shape index (κ3) is 2.59. The zero-order valence-corrected chi connectivity index (χ0v) is 11.2. The maximum Gasteiger partial charge on any atom is 0.344 e. The molecule has 100 valence electrons. The van der Waals surface area contributed by atoms with E-state index in [0.717, 1.165) is 12.8 Å². The molecule has 0 bridgehead atoms. The molecule has 18 heavy (non-hydrogen) atoms. The van der Waals surface area contributed by atoms with Gasteiger partial charge < -0.3 is 0 Å². The molecule has 7 nitrogen and oxygen atoms in total. The minimum absolute atomic E-state index is 0.0127. The lowest BCUT2D eigenvalue weighted by Gasteiger charge is -2.17. The zero-order valence-electron chi connectivity index (χ0n) is 10.3. The number of thioether (sulfide) groups is 1. The number of nitrogens with two attached hydrogens (primary N) is 1. The van der Waals surface area contributed by atoms with E-state index in [4.69, 9.17) is 5.84 Å². The predicted octanol–water partition coefficient (Wildman–Crippen LogP) is 0.0129. The second-order valence-electron chi connectivity index (χ2n) is 4.53. The van der Waals surface area contributed by atoms with Crippen LogP contribution in [0.2, 0.25) is 0 Å². The summed E-state index contributed by atoms with van der Waals surface area (Å²) in [4.78, 5) is 23.0. The molecule has 0 aliphatic heterocycles. The SMILES string of the molecule is CC(Sc1n[nH]c(=O)n1C1CC1)C(C)C(=O)NN. The molecule has 1 saturated carbocycles. The molecule has 0 saturated heterocycles. The monoisotopic (exact) mass is 271 g/mol. The van der Waals surface area contributed by atoms with Crippen molar-refractivity contribution in [2.75, 3.05) is 0 Å². The molecule has 4 N–H and O–H groups in total. The summed E-state index contributed by atoms with van der Waals surface area (Å²) >= 11 is 1.42. The molecule has 0 radical (unpaired) electrons. The molecule has 1 heterocycles. The van der Waals surface area contributed by atoms with Crippen LogP contribution in [-0.4, -0.2) is 25.9 Å². The number of amides is 1. The van der Waals surface area contributed by atoms with Gasteiger partial charge in [0.2, 0.25) is 5.91 Å². The van der Waals surface area contributed by atoms with Gasteiger partial charge in [0, 0.05) is 17.2 Å². The van der Waals surface area contributed by atoms with Gasteiger partial charge in [0.1, 0.15) is 0 Å². The minimum Gasteiger partial charge on any atom is -0.294 e. The van der Waals surface area contributed by atoms with Gasteiger partial charge in [0.25, 0.3) is 0 Å². The van der Waals surface area contributed by atoms with E-state index in [2.05, 4.69) is 15.6 Å². The summed E-state index contributed by atoms with van der Waals surface area (Å²) in [6.45, 7) is 3.72. The zero-order chi connectivity index (χ0) is 13.3. The lowest BCUT2D eigenvalue weighted by atomic mass is 10.1. The van der Waals surface area contributed by atoms with Crippen molar-refractivity contribution in [3.63, 3.8) is 0 Å². The highest BCUT2D eigenvalue weighted by Crippen LogP contribution is 2.37. The number of hydrazine groups is 1. The topological polar surface area (TPSA) is 106 Å². The first-order valence-corrected chi connectivity index (χ1v) is 6.76. The van der Waals surface area contributed by atoms with Crippen molar-refractivity contribution in [2.24, 2.45) is 11.8 Å².